The molecule has 1 aliphatic carbocycles. The normalized spacial score (nSPS) is 16.8. The monoisotopic (exact) mass is 289 g/mol. The van der Waals surface area contributed by atoms with Gasteiger partial charge in [-0.05, 0) is 25.0 Å². The van der Waals surface area contributed by atoms with E-state index >= 15 is 0 Å². The van der Waals surface area contributed by atoms with E-state index in [1.807, 2.05) is 0 Å². The van der Waals surface area contributed by atoms with E-state index < -0.39 is 17.8 Å². The minimum absolute atomic E-state index is 0.0646. The van der Waals surface area contributed by atoms with Gasteiger partial charge in [0.2, 0.25) is 0 Å². The van der Waals surface area contributed by atoms with Gasteiger partial charge in [-0.2, -0.15) is 13.2 Å². The number of aliphatic hydroxyl groups is 1. The van der Waals surface area contributed by atoms with Gasteiger partial charge in [-0.25, -0.2) is 4.98 Å². The second-order valence-electron chi connectivity index (χ2n) is 4.97. The molecule has 1 aromatic heterocycles. The van der Waals surface area contributed by atoms with E-state index in [0.717, 1.165) is 18.9 Å². The van der Waals surface area contributed by atoms with Gasteiger partial charge in [-0.1, -0.05) is 0 Å². The van der Waals surface area contributed by atoms with Crippen molar-refractivity contribution < 1.29 is 23.1 Å². The van der Waals surface area contributed by atoms with Crippen LogP contribution in [0, 0.1) is 5.41 Å². The number of anilines is 1. The number of carbonyl (C=O) groups excluding carboxylic acids is 1. The summed E-state index contributed by atoms with van der Waals surface area (Å²) in [5, 5.41) is 11.9. The minimum atomic E-state index is -4.60. The van der Waals surface area contributed by atoms with Crippen LogP contribution in [0.15, 0.2) is 12.1 Å². The summed E-state index contributed by atoms with van der Waals surface area (Å²) in [6.07, 6.45) is -3.04. The average Bonchev–Trinajstić information content (AvgIpc) is 3.15. The number of nitrogens with one attached hydrogen (secondary N) is 1. The fraction of sp³-hybridized carbons (Fsp3) is 0.500. The lowest BCUT2D eigenvalue weighted by atomic mass is 10.1. The van der Waals surface area contributed by atoms with Crippen LogP contribution in [0.25, 0.3) is 0 Å². The molecule has 8 heteroatoms. The Balaban J connectivity index is 2.25. The van der Waals surface area contributed by atoms with Crippen molar-refractivity contribution in [3.05, 3.63) is 23.4 Å². The maximum atomic E-state index is 12.6. The molecule has 0 aromatic carbocycles. The van der Waals surface area contributed by atoms with Gasteiger partial charge in [0, 0.05) is 12.0 Å². The number of aromatic nitrogens is 1. The first kappa shape index (κ1) is 14.6. The summed E-state index contributed by atoms with van der Waals surface area (Å²) in [5.74, 6) is -1.06. The second kappa shape index (κ2) is 4.93. The zero-order valence-corrected chi connectivity index (χ0v) is 10.5. The molecule has 0 radical (unpaired) electrons. The first-order valence-corrected chi connectivity index (χ1v) is 6.00. The zero-order chi connectivity index (χ0) is 15.0. The second-order valence-corrected chi connectivity index (χ2v) is 4.97. The highest BCUT2D eigenvalue weighted by Crippen LogP contribution is 2.45. The standard InChI is InChI=1S/C12H14F3N3O2/c13-12(14,15)8-2-1-7(9(16)20)10(18-8)17-5-11(6-19)3-4-11/h1-2,19H,3-6H2,(H2,16,20)(H,17,18). The van der Waals surface area contributed by atoms with Gasteiger partial charge in [0.1, 0.15) is 11.5 Å². The maximum Gasteiger partial charge on any atom is 0.433 e. The number of nitrogens with zero attached hydrogens (tertiary/aromatic N) is 1. The molecule has 0 saturated heterocycles. The van der Waals surface area contributed by atoms with Crippen LogP contribution in [0.2, 0.25) is 0 Å². The highest BCUT2D eigenvalue weighted by atomic mass is 19.4. The Morgan fingerprint density at radius 1 is 1.45 bits per heavy atom. The van der Waals surface area contributed by atoms with Crippen molar-refractivity contribution in [3.63, 3.8) is 0 Å². The van der Waals surface area contributed by atoms with E-state index in [9.17, 15) is 18.0 Å². The highest BCUT2D eigenvalue weighted by Gasteiger charge is 2.42. The highest BCUT2D eigenvalue weighted by molar-refractivity contribution is 5.97. The third-order valence-electron chi connectivity index (χ3n) is 3.37. The lowest BCUT2D eigenvalue weighted by molar-refractivity contribution is -0.141. The third kappa shape index (κ3) is 3.01. The summed E-state index contributed by atoms with van der Waals surface area (Å²) in [6, 6.07) is 1.71. The van der Waals surface area contributed by atoms with E-state index in [2.05, 4.69) is 10.3 Å². The first-order valence-electron chi connectivity index (χ1n) is 6.00. The predicted octanol–water partition coefficient (Wildman–Crippen LogP) is 1.38. The van der Waals surface area contributed by atoms with E-state index in [0.29, 0.717) is 6.07 Å². The summed E-state index contributed by atoms with van der Waals surface area (Å²) in [4.78, 5) is 14.6. The van der Waals surface area contributed by atoms with Crippen LogP contribution in [-0.2, 0) is 6.18 Å². The molecule has 1 fully saturated rings. The number of aliphatic hydroxyl groups excluding tert-OH is 1. The number of pyridine rings is 1. The molecule has 2 rings (SSSR count). The number of nitrogens with two attached hydrogens (primary N) is 1. The molecule has 1 aromatic rings. The molecule has 0 unspecified atom stereocenters. The van der Waals surface area contributed by atoms with Gasteiger partial charge in [-0.3, -0.25) is 4.79 Å². The first-order chi connectivity index (χ1) is 9.27. The number of halogens is 3. The summed E-state index contributed by atoms with van der Waals surface area (Å²) >= 11 is 0. The molecule has 0 bridgehead atoms. The van der Waals surface area contributed by atoms with Crippen molar-refractivity contribution in [1.29, 1.82) is 0 Å². The van der Waals surface area contributed by atoms with Crippen LogP contribution >= 0.6 is 0 Å². The van der Waals surface area contributed by atoms with E-state index in [-0.39, 0.29) is 29.9 Å². The summed E-state index contributed by atoms with van der Waals surface area (Å²) < 4.78 is 37.8. The minimum Gasteiger partial charge on any atom is -0.396 e. The SMILES string of the molecule is NC(=O)c1ccc(C(F)(F)F)nc1NCC1(CO)CC1. The summed E-state index contributed by atoms with van der Waals surface area (Å²) in [6.45, 7) is 0.183. The largest absolute Gasteiger partial charge is 0.433 e. The molecular weight excluding hydrogens is 275 g/mol. The molecule has 20 heavy (non-hydrogen) atoms. The van der Waals surface area contributed by atoms with Crippen LogP contribution in [0.5, 0.6) is 0 Å². The molecule has 4 N–H and O–H groups in total. The summed E-state index contributed by atoms with van der Waals surface area (Å²) in [5.41, 5.74) is 3.58. The summed E-state index contributed by atoms with van der Waals surface area (Å²) in [7, 11) is 0. The number of hydrogen-bond donors (Lipinski definition) is 3. The number of alkyl halides is 3. The molecule has 1 heterocycles. The molecule has 0 atom stereocenters. The molecule has 110 valence electrons. The van der Waals surface area contributed by atoms with E-state index in [4.69, 9.17) is 10.8 Å². The van der Waals surface area contributed by atoms with Crippen molar-refractivity contribution in [2.45, 2.75) is 19.0 Å². The van der Waals surface area contributed by atoms with Crippen molar-refractivity contribution in [2.75, 3.05) is 18.5 Å². The topological polar surface area (TPSA) is 88.2 Å². The maximum absolute atomic E-state index is 12.6. The van der Waals surface area contributed by atoms with E-state index in [1.54, 1.807) is 0 Å². The smallest absolute Gasteiger partial charge is 0.396 e. The Bertz CT molecular complexity index is 527. The van der Waals surface area contributed by atoms with E-state index in [1.165, 1.54) is 0 Å². The lowest BCUT2D eigenvalue weighted by Crippen LogP contribution is -2.23. The van der Waals surface area contributed by atoms with Crippen LogP contribution in [0.1, 0.15) is 28.9 Å². The molecule has 1 aliphatic rings. The third-order valence-corrected chi connectivity index (χ3v) is 3.37. The number of carbonyl (C=O) groups is 1. The Hall–Kier alpha value is -1.83. The molecular formula is C12H14F3N3O2. The van der Waals surface area contributed by atoms with Gasteiger partial charge in [0.25, 0.3) is 5.91 Å². The Labute approximate surface area is 113 Å². The molecule has 0 aliphatic heterocycles. The number of amides is 1. The number of rotatable bonds is 5. The average molecular weight is 289 g/mol. The van der Waals surface area contributed by atoms with Crippen molar-refractivity contribution in [2.24, 2.45) is 11.1 Å². The fourth-order valence-electron chi connectivity index (χ4n) is 1.79. The van der Waals surface area contributed by atoms with Crippen molar-refractivity contribution in [1.82, 2.24) is 4.98 Å². The van der Waals surface area contributed by atoms with Crippen LogP contribution in [0.4, 0.5) is 19.0 Å². The molecule has 5 nitrogen and oxygen atoms in total. The van der Waals surface area contributed by atoms with Crippen molar-refractivity contribution in [3.8, 4) is 0 Å². The van der Waals surface area contributed by atoms with Gasteiger partial charge in [-0.15, -0.1) is 0 Å². The Morgan fingerprint density at radius 2 is 2.10 bits per heavy atom. The fourth-order valence-corrected chi connectivity index (χ4v) is 1.79. The zero-order valence-electron chi connectivity index (χ0n) is 10.5. The predicted molar refractivity (Wildman–Crippen MR) is 65.0 cm³/mol. The Morgan fingerprint density at radius 3 is 2.55 bits per heavy atom. The van der Waals surface area contributed by atoms with Gasteiger partial charge < -0.3 is 16.2 Å². The van der Waals surface area contributed by atoms with Crippen LogP contribution in [-0.4, -0.2) is 29.1 Å². The lowest BCUT2D eigenvalue weighted by Gasteiger charge is -2.16. The van der Waals surface area contributed by atoms with Crippen LogP contribution < -0.4 is 11.1 Å². The molecule has 1 saturated carbocycles. The van der Waals surface area contributed by atoms with Gasteiger partial charge >= 0.3 is 6.18 Å². The van der Waals surface area contributed by atoms with Crippen LogP contribution in [0.3, 0.4) is 0 Å². The molecule has 0 spiro atoms. The quantitative estimate of drug-likeness (QED) is 0.764. The molecule has 1 amide bonds. The number of primary amides is 1. The number of hydrogen-bond acceptors (Lipinski definition) is 4. The van der Waals surface area contributed by atoms with Crippen molar-refractivity contribution >= 4 is 11.7 Å². The Kier molecular flexibility index (Phi) is 3.59. The van der Waals surface area contributed by atoms with Gasteiger partial charge in [0.15, 0.2) is 0 Å². The van der Waals surface area contributed by atoms with Gasteiger partial charge in [0.05, 0.1) is 12.2 Å².